The summed E-state index contributed by atoms with van der Waals surface area (Å²) in [5, 5.41) is 1.92. The number of carbonyl (C=O) groups is 2. The minimum Gasteiger partial charge on any atom is -0.439 e. The second-order valence-corrected chi connectivity index (χ2v) is 1.12. The van der Waals surface area contributed by atoms with Crippen molar-refractivity contribution in [3.63, 3.8) is 0 Å². The quantitative estimate of drug-likeness (QED) is 0.445. The number of amides is 2. The molecule has 0 aromatic carbocycles. The van der Waals surface area contributed by atoms with Gasteiger partial charge in [-0.25, -0.2) is 4.79 Å². The van der Waals surface area contributed by atoms with Gasteiger partial charge in [0, 0.05) is 0 Å². The second-order valence-electron chi connectivity index (χ2n) is 1.12. The normalized spacial score (nSPS) is 16.5. The molecular formula is C3H6N2O3. The molecule has 1 fully saturated rings. The van der Waals surface area contributed by atoms with Crippen LogP contribution in [0.1, 0.15) is 0 Å². The molecule has 0 unspecified atom stereocenters. The molecule has 5 nitrogen and oxygen atoms in total. The van der Waals surface area contributed by atoms with E-state index in [0.29, 0.717) is 0 Å². The Morgan fingerprint density at radius 3 is 2.25 bits per heavy atom. The molecule has 4 N–H and O–H groups in total. The Labute approximate surface area is 45.6 Å². The van der Waals surface area contributed by atoms with Gasteiger partial charge >= 0.3 is 6.09 Å². The molecule has 2 amide bonds. The lowest BCUT2D eigenvalue weighted by Crippen LogP contribution is -2.18. The van der Waals surface area contributed by atoms with Crippen molar-refractivity contribution in [1.29, 1.82) is 0 Å². The summed E-state index contributed by atoms with van der Waals surface area (Å²) >= 11 is 0. The third-order valence-electron chi connectivity index (χ3n) is 0.576. The fraction of sp³-hybridized carbons (Fsp3) is 0.333. The summed E-state index contributed by atoms with van der Waals surface area (Å²) in [7, 11) is 0. The van der Waals surface area contributed by atoms with E-state index in [4.69, 9.17) is 0 Å². The van der Waals surface area contributed by atoms with Gasteiger partial charge in [0.15, 0.2) is 6.61 Å². The maximum Gasteiger partial charge on any atom is 0.414 e. The second kappa shape index (κ2) is 2.27. The van der Waals surface area contributed by atoms with Crippen LogP contribution in [0.5, 0.6) is 0 Å². The van der Waals surface area contributed by atoms with Crippen molar-refractivity contribution in [3.8, 4) is 0 Å². The van der Waals surface area contributed by atoms with Crippen molar-refractivity contribution >= 4 is 12.0 Å². The zero-order chi connectivity index (χ0) is 5.28. The molecule has 0 spiro atoms. The number of hydrogen-bond donors (Lipinski definition) is 2. The van der Waals surface area contributed by atoms with E-state index in [1.165, 1.54) is 0 Å². The van der Waals surface area contributed by atoms with E-state index in [0.717, 1.165) is 0 Å². The molecule has 0 aromatic heterocycles. The van der Waals surface area contributed by atoms with E-state index >= 15 is 0 Å². The van der Waals surface area contributed by atoms with Crippen LogP contribution in [-0.4, -0.2) is 18.6 Å². The first-order valence-corrected chi connectivity index (χ1v) is 1.75. The monoisotopic (exact) mass is 118 g/mol. The van der Waals surface area contributed by atoms with E-state index in [2.05, 4.69) is 4.74 Å². The Kier molecular flexibility index (Phi) is 1.96. The third kappa shape index (κ3) is 1.19. The lowest BCUT2D eigenvalue weighted by molar-refractivity contribution is -0.119. The van der Waals surface area contributed by atoms with Gasteiger partial charge in [-0.1, -0.05) is 0 Å². The van der Waals surface area contributed by atoms with Crippen LogP contribution in [0.25, 0.3) is 0 Å². The van der Waals surface area contributed by atoms with E-state index in [9.17, 15) is 9.59 Å². The smallest absolute Gasteiger partial charge is 0.414 e. The predicted molar refractivity (Wildman–Crippen MR) is 24.5 cm³/mol. The maximum absolute atomic E-state index is 10.00. The van der Waals surface area contributed by atoms with E-state index in [1.54, 1.807) is 0 Å². The first kappa shape index (κ1) is 6.90. The predicted octanol–water partition coefficient (Wildman–Crippen LogP) is -0.585. The van der Waals surface area contributed by atoms with Crippen LogP contribution in [-0.2, 0) is 9.53 Å². The summed E-state index contributed by atoms with van der Waals surface area (Å²) in [5.74, 6) is -0.370. The average molecular weight is 118 g/mol. The molecule has 0 saturated carbocycles. The number of ether oxygens (including phenoxy) is 1. The molecule has 0 bridgehead atoms. The van der Waals surface area contributed by atoms with Gasteiger partial charge in [-0.3, -0.25) is 10.1 Å². The molecule has 0 atom stereocenters. The standard InChI is InChI=1S/C3H3NO3.H3N/c5-2-1-7-3(6)4-2;/h1H2,(H,4,5,6);1H3. The summed E-state index contributed by atoms with van der Waals surface area (Å²) in [6.07, 6.45) is -0.648. The number of nitrogens with one attached hydrogen (secondary N) is 1. The van der Waals surface area contributed by atoms with Gasteiger partial charge in [-0.2, -0.15) is 0 Å². The van der Waals surface area contributed by atoms with Crippen LogP contribution >= 0.6 is 0 Å². The molecule has 0 aromatic rings. The highest BCUT2D eigenvalue weighted by atomic mass is 16.6. The van der Waals surface area contributed by atoms with E-state index in [-0.39, 0.29) is 18.7 Å². The van der Waals surface area contributed by atoms with Crippen molar-refractivity contribution in [3.05, 3.63) is 0 Å². The molecule has 1 aliphatic rings. The molecule has 5 heteroatoms. The van der Waals surface area contributed by atoms with Gasteiger partial charge in [0.2, 0.25) is 0 Å². The van der Waals surface area contributed by atoms with Gasteiger partial charge in [0.1, 0.15) is 0 Å². The summed E-state index contributed by atoms with van der Waals surface area (Å²) in [4.78, 5) is 19.9. The topological polar surface area (TPSA) is 90.4 Å². The highest BCUT2D eigenvalue weighted by Gasteiger charge is 2.17. The van der Waals surface area contributed by atoms with Crippen LogP contribution in [0.4, 0.5) is 4.79 Å². The fourth-order valence-corrected chi connectivity index (χ4v) is 0.317. The van der Waals surface area contributed by atoms with Crippen molar-refractivity contribution in [2.45, 2.75) is 0 Å². The van der Waals surface area contributed by atoms with Crippen LogP contribution in [0.15, 0.2) is 0 Å². The van der Waals surface area contributed by atoms with Crippen molar-refractivity contribution < 1.29 is 14.3 Å². The van der Waals surface area contributed by atoms with Crippen molar-refractivity contribution in [2.24, 2.45) is 0 Å². The number of carbonyl (C=O) groups excluding carboxylic acids is 2. The maximum atomic E-state index is 10.00. The molecule has 46 valence electrons. The molecule has 8 heavy (non-hydrogen) atoms. The summed E-state index contributed by atoms with van der Waals surface area (Å²) in [5.41, 5.74) is 0. The number of imide groups is 1. The summed E-state index contributed by atoms with van der Waals surface area (Å²) in [6.45, 7) is -0.126. The molecule has 0 radical (unpaired) electrons. The molecule has 1 saturated heterocycles. The number of rotatable bonds is 0. The lowest BCUT2D eigenvalue weighted by Gasteiger charge is -1.78. The minimum atomic E-state index is -0.648. The zero-order valence-corrected chi connectivity index (χ0v) is 4.14. The summed E-state index contributed by atoms with van der Waals surface area (Å²) < 4.78 is 4.17. The minimum absolute atomic E-state index is 0. The van der Waals surface area contributed by atoms with Gasteiger partial charge in [-0.05, 0) is 0 Å². The molecule has 1 heterocycles. The number of alkyl carbamates (subject to hydrolysis) is 1. The molecule has 1 rings (SSSR count). The molecular weight excluding hydrogens is 112 g/mol. The first-order valence-electron chi connectivity index (χ1n) is 1.75. The van der Waals surface area contributed by atoms with Crippen molar-refractivity contribution in [2.75, 3.05) is 6.61 Å². The van der Waals surface area contributed by atoms with Crippen LogP contribution in [0.2, 0.25) is 0 Å². The SMILES string of the molecule is N.O=C1COC(=O)N1. The number of cyclic esters (lactones) is 1. The largest absolute Gasteiger partial charge is 0.439 e. The van der Waals surface area contributed by atoms with Gasteiger partial charge in [-0.15, -0.1) is 0 Å². The zero-order valence-electron chi connectivity index (χ0n) is 4.14. The van der Waals surface area contributed by atoms with E-state index < -0.39 is 6.09 Å². The van der Waals surface area contributed by atoms with Crippen LogP contribution < -0.4 is 11.5 Å². The first-order chi connectivity index (χ1) is 3.29. The average Bonchev–Trinajstić information content (AvgIpc) is 1.87. The highest BCUT2D eigenvalue weighted by Crippen LogP contribution is 1.85. The molecule has 0 aliphatic carbocycles. The Morgan fingerprint density at radius 1 is 1.50 bits per heavy atom. The lowest BCUT2D eigenvalue weighted by atomic mass is 10.7. The van der Waals surface area contributed by atoms with Gasteiger partial charge in [0.05, 0.1) is 0 Å². The Bertz CT molecular complexity index is 108. The van der Waals surface area contributed by atoms with E-state index in [1.807, 2.05) is 5.32 Å². The Balaban J connectivity index is 0.000000490. The highest BCUT2D eigenvalue weighted by molar-refractivity contribution is 5.97. The Morgan fingerprint density at radius 2 is 2.12 bits per heavy atom. The summed E-state index contributed by atoms with van der Waals surface area (Å²) in [6, 6.07) is 0. The van der Waals surface area contributed by atoms with Gasteiger partial charge < -0.3 is 10.9 Å². The van der Waals surface area contributed by atoms with Crippen molar-refractivity contribution in [1.82, 2.24) is 11.5 Å². The Hall–Kier alpha value is -1.10. The van der Waals surface area contributed by atoms with Crippen LogP contribution in [0, 0.1) is 0 Å². The van der Waals surface area contributed by atoms with Crippen LogP contribution in [0.3, 0.4) is 0 Å². The number of hydrogen-bond acceptors (Lipinski definition) is 4. The third-order valence-corrected chi connectivity index (χ3v) is 0.576. The van der Waals surface area contributed by atoms with Gasteiger partial charge in [0.25, 0.3) is 5.91 Å². The molecule has 1 aliphatic heterocycles. The fourth-order valence-electron chi connectivity index (χ4n) is 0.317.